The van der Waals surface area contributed by atoms with Crippen LogP contribution in [0.25, 0.3) is 0 Å². The van der Waals surface area contributed by atoms with Crippen molar-refractivity contribution in [2.24, 2.45) is 5.73 Å². The van der Waals surface area contributed by atoms with Gasteiger partial charge in [-0.25, -0.2) is 0 Å². The quantitative estimate of drug-likeness (QED) is 0.591. The maximum Gasteiger partial charge on any atom is 0.322 e. The van der Waals surface area contributed by atoms with Gasteiger partial charge in [-0.05, 0) is 12.2 Å². The second-order valence-corrected chi connectivity index (χ2v) is 5.28. The number of hydrogen-bond donors (Lipinski definition) is 1. The van der Waals surface area contributed by atoms with E-state index in [1.165, 1.54) is 7.11 Å². The minimum Gasteiger partial charge on any atom is -0.468 e. The first kappa shape index (κ1) is 15.0. The molecule has 0 aliphatic carbocycles. The Labute approximate surface area is 111 Å². The third-order valence-electron chi connectivity index (χ3n) is 2.30. The first-order valence-corrected chi connectivity index (χ1v) is 6.93. The van der Waals surface area contributed by atoms with Crippen molar-refractivity contribution < 1.29 is 14.1 Å². The second-order valence-electron chi connectivity index (χ2n) is 4.17. The van der Waals surface area contributed by atoms with Crippen LogP contribution in [0.2, 0.25) is 0 Å². The largest absolute Gasteiger partial charge is 0.468 e. The highest BCUT2D eigenvalue weighted by Crippen LogP contribution is 2.15. The van der Waals surface area contributed by atoms with Crippen molar-refractivity contribution in [3.8, 4) is 0 Å². The van der Waals surface area contributed by atoms with Crippen LogP contribution in [0, 0.1) is 0 Å². The Hall–Kier alpha value is -1.08. The molecule has 1 rings (SSSR count). The van der Waals surface area contributed by atoms with E-state index >= 15 is 0 Å². The number of esters is 1. The first-order chi connectivity index (χ1) is 8.54. The van der Waals surface area contributed by atoms with Crippen LogP contribution in [0.1, 0.15) is 37.9 Å². The van der Waals surface area contributed by atoms with E-state index in [1.54, 1.807) is 11.8 Å². The summed E-state index contributed by atoms with van der Waals surface area (Å²) in [5.74, 6) is 2.59. The van der Waals surface area contributed by atoms with Crippen molar-refractivity contribution >= 4 is 17.7 Å². The maximum absolute atomic E-state index is 11.1. The van der Waals surface area contributed by atoms with Crippen molar-refractivity contribution in [3.05, 3.63) is 11.7 Å². The zero-order valence-corrected chi connectivity index (χ0v) is 11.7. The molecule has 0 fully saturated rings. The summed E-state index contributed by atoms with van der Waals surface area (Å²) in [6.07, 6.45) is 0.572. The molecule has 0 aliphatic heterocycles. The molecule has 2 N–H and O–H groups in total. The van der Waals surface area contributed by atoms with Gasteiger partial charge in [-0.15, -0.1) is 0 Å². The molecule has 0 bridgehead atoms. The number of carbonyl (C=O) groups is 1. The van der Waals surface area contributed by atoms with E-state index in [-0.39, 0.29) is 11.9 Å². The van der Waals surface area contributed by atoms with E-state index < -0.39 is 6.04 Å². The zero-order chi connectivity index (χ0) is 13.5. The van der Waals surface area contributed by atoms with Gasteiger partial charge in [0.1, 0.15) is 6.04 Å². The average molecular weight is 273 g/mol. The fourth-order valence-corrected chi connectivity index (χ4v) is 2.06. The minimum atomic E-state index is -0.559. The standard InChI is InChI=1S/C11H19N3O3S/c1-7(2)10-13-9(17-14-10)6-18-5-4-8(12)11(15)16-3/h7-8H,4-6,12H2,1-3H3. The summed E-state index contributed by atoms with van der Waals surface area (Å²) in [6.45, 7) is 4.02. The SMILES string of the molecule is COC(=O)C(N)CCSCc1nc(C(C)C)no1. The second kappa shape index (κ2) is 7.38. The molecule has 0 radical (unpaired) electrons. The molecule has 0 saturated heterocycles. The number of hydrogen-bond acceptors (Lipinski definition) is 7. The molecule has 0 aromatic carbocycles. The molecule has 0 amide bonds. The molecule has 1 heterocycles. The van der Waals surface area contributed by atoms with Crippen molar-refractivity contribution in [1.82, 2.24) is 10.1 Å². The van der Waals surface area contributed by atoms with Gasteiger partial charge in [-0.2, -0.15) is 16.7 Å². The summed E-state index contributed by atoms with van der Waals surface area (Å²) < 4.78 is 9.64. The van der Waals surface area contributed by atoms with Gasteiger partial charge in [0.05, 0.1) is 12.9 Å². The Morgan fingerprint density at radius 2 is 2.28 bits per heavy atom. The summed E-state index contributed by atoms with van der Waals surface area (Å²) in [5.41, 5.74) is 5.61. The van der Waals surface area contributed by atoms with Gasteiger partial charge in [0.25, 0.3) is 0 Å². The van der Waals surface area contributed by atoms with Gasteiger partial charge in [0.2, 0.25) is 5.89 Å². The molecule has 7 heteroatoms. The van der Waals surface area contributed by atoms with Crippen LogP contribution in [-0.4, -0.2) is 35.0 Å². The number of carbonyl (C=O) groups excluding carboxylic acids is 1. The monoisotopic (exact) mass is 273 g/mol. The Bertz CT molecular complexity index is 381. The number of methoxy groups -OCH3 is 1. The van der Waals surface area contributed by atoms with Crippen molar-refractivity contribution in [2.45, 2.75) is 38.0 Å². The summed E-state index contributed by atoms with van der Waals surface area (Å²) in [6, 6.07) is -0.559. The Balaban J connectivity index is 2.23. The van der Waals surface area contributed by atoms with Crippen molar-refractivity contribution in [2.75, 3.05) is 12.9 Å². The predicted octanol–water partition coefficient (Wildman–Crippen LogP) is 1.32. The molecule has 1 unspecified atom stereocenters. The summed E-state index contributed by atoms with van der Waals surface area (Å²) in [5, 5.41) is 3.87. The molecule has 1 atom stereocenters. The highest BCUT2D eigenvalue weighted by molar-refractivity contribution is 7.98. The molecular weight excluding hydrogens is 254 g/mol. The molecule has 1 aromatic rings. The smallest absolute Gasteiger partial charge is 0.322 e. The van der Waals surface area contributed by atoms with Crippen LogP contribution in [0.4, 0.5) is 0 Å². The lowest BCUT2D eigenvalue weighted by Crippen LogP contribution is -2.31. The number of nitrogens with zero attached hydrogens (tertiary/aromatic N) is 2. The molecule has 6 nitrogen and oxygen atoms in total. The summed E-state index contributed by atoms with van der Waals surface area (Å²) >= 11 is 1.60. The average Bonchev–Trinajstić information content (AvgIpc) is 2.82. The molecule has 0 saturated carbocycles. The predicted molar refractivity (Wildman–Crippen MR) is 69.2 cm³/mol. The molecule has 1 aromatic heterocycles. The van der Waals surface area contributed by atoms with E-state index in [9.17, 15) is 4.79 Å². The number of aromatic nitrogens is 2. The van der Waals surface area contributed by atoms with E-state index in [0.29, 0.717) is 18.1 Å². The fourth-order valence-electron chi connectivity index (χ4n) is 1.20. The number of ether oxygens (including phenoxy) is 1. The summed E-state index contributed by atoms with van der Waals surface area (Å²) in [4.78, 5) is 15.3. The third-order valence-corrected chi connectivity index (χ3v) is 3.28. The van der Waals surface area contributed by atoms with Crippen LogP contribution in [-0.2, 0) is 15.3 Å². The highest BCUT2D eigenvalue weighted by atomic mass is 32.2. The van der Waals surface area contributed by atoms with Crippen molar-refractivity contribution in [1.29, 1.82) is 0 Å². The van der Waals surface area contributed by atoms with Crippen molar-refractivity contribution in [3.63, 3.8) is 0 Å². The van der Waals surface area contributed by atoms with E-state index in [1.807, 2.05) is 13.8 Å². The van der Waals surface area contributed by atoms with Crippen LogP contribution in [0.5, 0.6) is 0 Å². The van der Waals surface area contributed by atoms with Gasteiger partial charge >= 0.3 is 5.97 Å². The minimum absolute atomic E-state index is 0.264. The van der Waals surface area contributed by atoms with E-state index in [4.69, 9.17) is 10.3 Å². The molecule has 18 heavy (non-hydrogen) atoms. The zero-order valence-electron chi connectivity index (χ0n) is 10.9. The lowest BCUT2D eigenvalue weighted by Gasteiger charge is -2.07. The normalized spacial score (nSPS) is 12.7. The number of thioether (sulfide) groups is 1. The highest BCUT2D eigenvalue weighted by Gasteiger charge is 2.14. The Morgan fingerprint density at radius 3 is 2.83 bits per heavy atom. The third kappa shape index (κ3) is 4.66. The van der Waals surface area contributed by atoms with E-state index in [0.717, 1.165) is 11.6 Å². The maximum atomic E-state index is 11.1. The van der Waals surface area contributed by atoms with Gasteiger partial charge in [-0.1, -0.05) is 19.0 Å². The lowest BCUT2D eigenvalue weighted by molar-refractivity contribution is -0.142. The van der Waals surface area contributed by atoms with Crippen LogP contribution >= 0.6 is 11.8 Å². The molecule has 0 aliphatic rings. The summed E-state index contributed by atoms with van der Waals surface area (Å²) in [7, 11) is 1.33. The number of nitrogens with two attached hydrogens (primary N) is 1. The fraction of sp³-hybridized carbons (Fsp3) is 0.727. The molecular formula is C11H19N3O3S. The Morgan fingerprint density at radius 1 is 1.56 bits per heavy atom. The van der Waals surface area contributed by atoms with Crippen LogP contribution in [0.15, 0.2) is 4.52 Å². The van der Waals surface area contributed by atoms with Crippen LogP contribution < -0.4 is 5.73 Å². The molecule has 102 valence electrons. The van der Waals surface area contributed by atoms with Gasteiger partial charge in [-0.3, -0.25) is 4.79 Å². The van der Waals surface area contributed by atoms with E-state index in [2.05, 4.69) is 14.9 Å². The first-order valence-electron chi connectivity index (χ1n) is 5.78. The van der Waals surface area contributed by atoms with Crippen LogP contribution in [0.3, 0.4) is 0 Å². The number of rotatable bonds is 7. The van der Waals surface area contributed by atoms with Gasteiger partial charge < -0.3 is 15.0 Å². The van der Waals surface area contributed by atoms with Gasteiger partial charge in [0, 0.05) is 5.92 Å². The lowest BCUT2D eigenvalue weighted by atomic mass is 10.2. The Kier molecular flexibility index (Phi) is 6.14. The topological polar surface area (TPSA) is 91.2 Å². The van der Waals surface area contributed by atoms with Gasteiger partial charge in [0.15, 0.2) is 5.82 Å². The molecule has 0 spiro atoms.